The molecule has 182 valence electrons. The van der Waals surface area contributed by atoms with Gasteiger partial charge in [-0.15, -0.1) is 0 Å². The molecular weight excluding hydrogens is 464 g/mol. The minimum atomic E-state index is -3.77. The van der Waals surface area contributed by atoms with Gasteiger partial charge >= 0.3 is 5.91 Å². The summed E-state index contributed by atoms with van der Waals surface area (Å²) in [6.45, 7) is 2.05. The second-order valence-corrected chi connectivity index (χ2v) is 10.9. The van der Waals surface area contributed by atoms with Crippen molar-refractivity contribution in [1.29, 1.82) is 0 Å². The minimum absolute atomic E-state index is 0.0558. The van der Waals surface area contributed by atoms with Crippen LogP contribution in [0.5, 0.6) is 0 Å². The maximum atomic E-state index is 14.1. The van der Waals surface area contributed by atoms with Crippen LogP contribution in [0.4, 0.5) is 0 Å². The van der Waals surface area contributed by atoms with Crippen LogP contribution in [0, 0.1) is 0 Å². The van der Waals surface area contributed by atoms with Crippen molar-refractivity contribution in [3.05, 3.63) is 95.6 Å². The van der Waals surface area contributed by atoms with Gasteiger partial charge in [-0.05, 0) is 34.7 Å². The third kappa shape index (κ3) is 5.19. The number of benzene rings is 3. The zero-order valence-corrected chi connectivity index (χ0v) is 20.4. The molecule has 0 bridgehead atoms. The van der Waals surface area contributed by atoms with Crippen LogP contribution >= 0.6 is 0 Å². The van der Waals surface area contributed by atoms with Gasteiger partial charge in [0.15, 0.2) is 0 Å². The zero-order valence-electron chi connectivity index (χ0n) is 19.6. The number of carbonyl (C=O) groups is 2. The standard InChI is InChI=1S/C27H28N2O5S/c1-2-8-20-13-15-22(16-14-20)23-11-6-7-12-24(23)27(31)29(34-17-21-9-4-3-5-10-21)19-35(32,33)18-25(29)26(28)30/h3-7,9-16,25H,2,8,17-19H2,1H3,(H-,28,30)/p+1/t25?,29-/m0/s1. The van der Waals surface area contributed by atoms with E-state index < -0.39 is 44.0 Å². The Morgan fingerprint density at radius 2 is 1.60 bits per heavy atom. The van der Waals surface area contributed by atoms with Crippen LogP contribution in [-0.2, 0) is 32.5 Å². The number of hydrogen-bond acceptors (Lipinski definition) is 5. The topological polar surface area (TPSA) is 104 Å². The molecule has 4 rings (SSSR count). The lowest BCUT2D eigenvalue weighted by atomic mass is 9.97. The van der Waals surface area contributed by atoms with Crippen LogP contribution in [0.25, 0.3) is 11.1 Å². The highest BCUT2D eigenvalue weighted by molar-refractivity contribution is 7.91. The molecule has 2 N–H and O–H groups in total. The van der Waals surface area contributed by atoms with Crippen molar-refractivity contribution in [2.75, 3.05) is 11.6 Å². The number of amides is 2. The fraction of sp³-hybridized carbons (Fsp3) is 0.259. The van der Waals surface area contributed by atoms with E-state index in [0.29, 0.717) is 5.56 Å². The first-order valence-electron chi connectivity index (χ1n) is 11.5. The summed E-state index contributed by atoms with van der Waals surface area (Å²) in [5, 5.41) is 0. The molecule has 1 saturated heterocycles. The third-order valence-corrected chi connectivity index (χ3v) is 7.84. The van der Waals surface area contributed by atoms with E-state index in [4.69, 9.17) is 10.6 Å². The quantitative estimate of drug-likeness (QED) is 0.483. The summed E-state index contributed by atoms with van der Waals surface area (Å²) in [5.41, 5.74) is 9.27. The molecule has 8 heteroatoms. The average molecular weight is 494 g/mol. The molecule has 2 amide bonds. The first-order valence-corrected chi connectivity index (χ1v) is 13.4. The Kier molecular flexibility index (Phi) is 7.16. The Hall–Kier alpha value is -3.33. The van der Waals surface area contributed by atoms with Crippen LogP contribution in [-0.4, -0.2) is 42.5 Å². The number of rotatable bonds is 8. The Morgan fingerprint density at radius 3 is 2.26 bits per heavy atom. The van der Waals surface area contributed by atoms with Crippen molar-refractivity contribution in [3.63, 3.8) is 0 Å². The monoisotopic (exact) mass is 493 g/mol. The normalized spacial score (nSPS) is 21.0. The maximum absolute atomic E-state index is 14.1. The lowest BCUT2D eigenvalue weighted by molar-refractivity contribution is -1.04. The SMILES string of the molecule is CCCc1ccc(-c2ccccc2C(=O)[N@+]2(OCc3ccccc3)CS(=O)(=O)CC2C(N)=O)cc1. The largest absolute Gasteiger partial charge is 0.380 e. The smallest absolute Gasteiger partial charge is 0.364 e. The molecule has 3 aromatic carbocycles. The molecule has 1 aliphatic rings. The third-order valence-electron chi connectivity index (χ3n) is 6.24. The van der Waals surface area contributed by atoms with E-state index in [1.165, 1.54) is 5.56 Å². The van der Waals surface area contributed by atoms with E-state index >= 15 is 0 Å². The van der Waals surface area contributed by atoms with Gasteiger partial charge in [0.2, 0.25) is 21.8 Å². The first kappa shape index (κ1) is 24.8. The van der Waals surface area contributed by atoms with Crippen molar-refractivity contribution in [3.8, 4) is 11.1 Å². The number of sulfone groups is 1. The van der Waals surface area contributed by atoms with Gasteiger partial charge in [-0.25, -0.2) is 13.2 Å². The molecule has 1 heterocycles. The summed E-state index contributed by atoms with van der Waals surface area (Å²) >= 11 is 0. The Balaban J connectivity index is 1.79. The van der Waals surface area contributed by atoms with Gasteiger partial charge in [0, 0.05) is 0 Å². The molecule has 0 aromatic heterocycles. The number of primary amides is 1. The number of quaternary nitrogens is 1. The second-order valence-electron chi connectivity index (χ2n) is 8.81. The predicted molar refractivity (Wildman–Crippen MR) is 133 cm³/mol. The molecule has 35 heavy (non-hydrogen) atoms. The summed E-state index contributed by atoms with van der Waals surface area (Å²) in [6.07, 6.45) is 1.97. The molecule has 0 saturated carbocycles. The van der Waals surface area contributed by atoms with E-state index in [1.807, 2.05) is 48.5 Å². The first-order chi connectivity index (χ1) is 16.8. The molecule has 0 aliphatic carbocycles. The summed E-state index contributed by atoms with van der Waals surface area (Å²) in [5.74, 6) is -2.71. The maximum Gasteiger partial charge on any atom is 0.380 e. The molecule has 3 aromatic rings. The fourth-order valence-corrected chi connectivity index (χ4v) is 6.45. The molecule has 1 fully saturated rings. The summed E-state index contributed by atoms with van der Waals surface area (Å²) < 4.78 is 24.4. The zero-order chi connectivity index (χ0) is 25.1. The highest BCUT2D eigenvalue weighted by atomic mass is 32.2. The van der Waals surface area contributed by atoms with Gasteiger partial charge in [-0.1, -0.05) is 90.8 Å². The van der Waals surface area contributed by atoms with Crippen molar-refractivity contribution in [2.24, 2.45) is 5.73 Å². The van der Waals surface area contributed by atoms with Gasteiger partial charge in [0.05, 0.1) is 5.56 Å². The second kappa shape index (κ2) is 10.1. The highest BCUT2D eigenvalue weighted by Gasteiger charge is 2.61. The number of aryl methyl sites for hydroxylation is 1. The molecule has 1 unspecified atom stereocenters. The lowest BCUT2D eigenvalue weighted by Gasteiger charge is -2.32. The van der Waals surface area contributed by atoms with E-state index in [-0.39, 0.29) is 12.2 Å². The molecule has 1 aliphatic heterocycles. The van der Waals surface area contributed by atoms with Gasteiger partial charge in [-0.3, -0.25) is 4.79 Å². The Morgan fingerprint density at radius 1 is 0.943 bits per heavy atom. The number of hydroxylamine groups is 3. The number of nitrogens with two attached hydrogens (primary N) is 1. The van der Waals surface area contributed by atoms with Crippen molar-refractivity contribution >= 4 is 21.7 Å². The Labute approximate surface area is 205 Å². The van der Waals surface area contributed by atoms with Crippen molar-refractivity contribution < 1.29 is 27.5 Å². The molecule has 0 radical (unpaired) electrons. The van der Waals surface area contributed by atoms with E-state index in [0.717, 1.165) is 24.0 Å². The van der Waals surface area contributed by atoms with Crippen molar-refractivity contribution in [2.45, 2.75) is 32.4 Å². The summed E-state index contributed by atoms with van der Waals surface area (Å²) in [6, 6.07) is 22.6. The van der Waals surface area contributed by atoms with E-state index in [1.54, 1.807) is 30.3 Å². The average Bonchev–Trinajstić information content (AvgIpc) is 3.15. The molecule has 2 atom stereocenters. The van der Waals surface area contributed by atoms with Gasteiger partial charge in [0.25, 0.3) is 5.91 Å². The minimum Gasteiger partial charge on any atom is -0.364 e. The van der Waals surface area contributed by atoms with Crippen LogP contribution in [0.3, 0.4) is 0 Å². The molecule has 7 nitrogen and oxygen atoms in total. The van der Waals surface area contributed by atoms with E-state index in [2.05, 4.69) is 6.92 Å². The van der Waals surface area contributed by atoms with Gasteiger partial charge in [-0.2, -0.15) is 4.84 Å². The number of carbonyl (C=O) groups excluding carboxylic acids is 2. The molecule has 0 spiro atoms. The van der Waals surface area contributed by atoms with Crippen LogP contribution < -0.4 is 5.73 Å². The van der Waals surface area contributed by atoms with Crippen LogP contribution in [0.2, 0.25) is 0 Å². The summed E-state index contributed by atoms with van der Waals surface area (Å²) in [4.78, 5) is 32.6. The van der Waals surface area contributed by atoms with Gasteiger partial charge < -0.3 is 5.73 Å². The lowest BCUT2D eigenvalue weighted by Crippen LogP contribution is -2.60. The predicted octanol–water partition coefficient (Wildman–Crippen LogP) is 3.63. The van der Waals surface area contributed by atoms with E-state index in [9.17, 15) is 18.0 Å². The molecular formula is C27H29N2O5S+. The van der Waals surface area contributed by atoms with Crippen LogP contribution in [0.15, 0.2) is 78.9 Å². The number of nitrogens with zero attached hydrogens (tertiary/aromatic N) is 1. The number of hydrogen-bond donors (Lipinski definition) is 1. The van der Waals surface area contributed by atoms with Crippen LogP contribution in [0.1, 0.15) is 34.8 Å². The van der Waals surface area contributed by atoms with Crippen molar-refractivity contribution in [1.82, 2.24) is 0 Å². The summed E-state index contributed by atoms with van der Waals surface area (Å²) in [7, 11) is -3.77. The van der Waals surface area contributed by atoms with Gasteiger partial charge in [0.1, 0.15) is 12.4 Å². The Bertz CT molecular complexity index is 1320. The highest BCUT2D eigenvalue weighted by Crippen LogP contribution is 2.34. The fourth-order valence-electron chi connectivity index (χ4n) is 4.50.